The first-order valence-corrected chi connectivity index (χ1v) is 8.92. The molecule has 0 aliphatic carbocycles. The predicted molar refractivity (Wildman–Crippen MR) is 105 cm³/mol. The minimum absolute atomic E-state index is 0.0715. The summed E-state index contributed by atoms with van der Waals surface area (Å²) in [7, 11) is 0. The summed E-state index contributed by atoms with van der Waals surface area (Å²) in [6.07, 6.45) is 3.66. The van der Waals surface area contributed by atoms with Crippen molar-refractivity contribution in [2.75, 3.05) is 0 Å². The molecule has 27 heavy (non-hydrogen) atoms. The van der Waals surface area contributed by atoms with E-state index in [1.165, 1.54) is 0 Å². The molecule has 4 rings (SSSR count). The molecule has 1 unspecified atom stereocenters. The third-order valence-electron chi connectivity index (χ3n) is 4.58. The van der Waals surface area contributed by atoms with Crippen molar-refractivity contribution in [2.24, 2.45) is 0 Å². The van der Waals surface area contributed by atoms with Crippen LogP contribution in [0.25, 0.3) is 11.0 Å². The molecule has 4 heteroatoms. The molecule has 0 aliphatic rings. The van der Waals surface area contributed by atoms with E-state index in [2.05, 4.69) is 10.3 Å². The van der Waals surface area contributed by atoms with Crippen molar-refractivity contribution < 1.29 is 9.21 Å². The summed E-state index contributed by atoms with van der Waals surface area (Å²) in [6.45, 7) is 2.02. The van der Waals surface area contributed by atoms with Crippen LogP contribution in [-0.2, 0) is 11.2 Å². The van der Waals surface area contributed by atoms with Crippen molar-refractivity contribution in [1.82, 2.24) is 10.3 Å². The lowest BCUT2D eigenvalue weighted by molar-refractivity contribution is -0.120. The van der Waals surface area contributed by atoms with E-state index in [-0.39, 0.29) is 18.4 Å². The summed E-state index contributed by atoms with van der Waals surface area (Å²) in [6, 6.07) is 21.3. The molecule has 0 radical (unpaired) electrons. The molecule has 0 fully saturated rings. The molecule has 2 aromatic heterocycles. The smallest absolute Gasteiger partial charge is 0.225 e. The third kappa shape index (κ3) is 3.75. The van der Waals surface area contributed by atoms with Crippen molar-refractivity contribution in [1.29, 1.82) is 0 Å². The fourth-order valence-corrected chi connectivity index (χ4v) is 3.23. The number of pyridine rings is 1. The molecule has 1 amide bonds. The normalized spacial score (nSPS) is 12.0. The zero-order valence-electron chi connectivity index (χ0n) is 15.1. The number of amides is 1. The number of nitrogens with zero attached hydrogens (tertiary/aromatic N) is 1. The molecule has 0 saturated heterocycles. The second-order valence-corrected chi connectivity index (χ2v) is 6.60. The van der Waals surface area contributed by atoms with E-state index in [4.69, 9.17) is 4.42 Å². The van der Waals surface area contributed by atoms with Crippen molar-refractivity contribution in [3.8, 4) is 0 Å². The Morgan fingerprint density at radius 2 is 1.89 bits per heavy atom. The first-order chi connectivity index (χ1) is 13.2. The molecule has 4 aromatic rings. The van der Waals surface area contributed by atoms with Gasteiger partial charge in [0.2, 0.25) is 5.91 Å². The summed E-state index contributed by atoms with van der Waals surface area (Å²) in [5.41, 5.74) is 4.63. The van der Waals surface area contributed by atoms with Gasteiger partial charge in [-0.3, -0.25) is 9.78 Å². The lowest BCUT2D eigenvalue weighted by atomic mass is 10.0. The quantitative estimate of drug-likeness (QED) is 0.569. The highest BCUT2D eigenvalue weighted by atomic mass is 16.3. The molecule has 0 spiro atoms. The number of fused-ring (bicyclic) bond motifs is 1. The van der Waals surface area contributed by atoms with E-state index in [9.17, 15) is 4.79 Å². The number of aromatic nitrogens is 1. The van der Waals surface area contributed by atoms with Crippen LogP contribution in [0.15, 0.2) is 83.6 Å². The zero-order valence-corrected chi connectivity index (χ0v) is 15.1. The molecule has 0 saturated carbocycles. The molecule has 4 nitrogen and oxygen atoms in total. The summed E-state index contributed by atoms with van der Waals surface area (Å²) < 4.78 is 5.61. The van der Waals surface area contributed by atoms with Gasteiger partial charge in [-0.15, -0.1) is 0 Å². The molecule has 1 N–H and O–H groups in total. The first-order valence-electron chi connectivity index (χ1n) is 8.92. The number of furan rings is 1. The molecule has 2 heterocycles. The van der Waals surface area contributed by atoms with Crippen LogP contribution in [0, 0.1) is 6.92 Å². The fourth-order valence-electron chi connectivity index (χ4n) is 3.23. The minimum atomic E-state index is -0.291. The molecule has 134 valence electrons. The third-order valence-corrected chi connectivity index (χ3v) is 4.58. The monoisotopic (exact) mass is 356 g/mol. The van der Waals surface area contributed by atoms with Gasteiger partial charge in [0, 0.05) is 17.1 Å². The zero-order chi connectivity index (χ0) is 18.6. The number of carbonyl (C=O) groups excluding carboxylic acids is 1. The number of aryl methyl sites for hydroxylation is 1. The highest BCUT2D eigenvalue weighted by molar-refractivity contribution is 5.88. The van der Waals surface area contributed by atoms with E-state index in [0.29, 0.717) is 0 Å². The topological polar surface area (TPSA) is 55.1 Å². The highest BCUT2D eigenvalue weighted by Gasteiger charge is 2.19. The average Bonchev–Trinajstić information content (AvgIpc) is 3.09. The van der Waals surface area contributed by atoms with Gasteiger partial charge in [-0.25, -0.2) is 0 Å². The van der Waals surface area contributed by atoms with Crippen LogP contribution in [0.5, 0.6) is 0 Å². The van der Waals surface area contributed by atoms with Gasteiger partial charge in [0.05, 0.1) is 24.4 Å². The Kier molecular flexibility index (Phi) is 4.71. The Balaban J connectivity index is 1.58. The van der Waals surface area contributed by atoms with Gasteiger partial charge in [0.25, 0.3) is 0 Å². The summed E-state index contributed by atoms with van der Waals surface area (Å²) in [5.74, 6) is -0.0715. The van der Waals surface area contributed by atoms with Gasteiger partial charge in [-0.2, -0.15) is 0 Å². The van der Waals surface area contributed by atoms with Crippen molar-refractivity contribution in [3.05, 3.63) is 102 Å². The largest absolute Gasteiger partial charge is 0.464 e. The standard InChI is InChI=1S/C23H20N2O2/c1-16-10-11-19-18(15-27-21(19)13-16)14-22(26)25-23(17-7-3-2-4-8-17)20-9-5-6-12-24-20/h2-13,15,23H,14H2,1H3,(H,25,26). The van der Waals surface area contributed by atoms with E-state index < -0.39 is 0 Å². The number of hydrogen-bond acceptors (Lipinski definition) is 3. The van der Waals surface area contributed by atoms with Crippen molar-refractivity contribution in [3.63, 3.8) is 0 Å². The first kappa shape index (κ1) is 17.0. The van der Waals surface area contributed by atoms with Gasteiger partial charge < -0.3 is 9.73 Å². The van der Waals surface area contributed by atoms with Crippen molar-refractivity contribution in [2.45, 2.75) is 19.4 Å². The van der Waals surface area contributed by atoms with Gasteiger partial charge in [0.1, 0.15) is 5.58 Å². The fraction of sp³-hybridized carbons (Fsp3) is 0.130. The van der Waals surface area contributed by atoms with Gasteiger partial charge in [-0.1, -0.05) is 48.5 Å². The number of nitrogens with one attached hydrogen (secondary N) is 1. The average molecular weight is 356 g/mol. The second kappa shape index (κ2) is 7.46. The van der Waals surface area contributed by atoms with Gasteiger partial charge in [0.15, 0.2) is 0 Å². The Bertz CT molecular complexity index is 1020. The SMILES string of the molecule is Cc1ccc2c(CC(=O)NC(c3ccccc3)c3ccccn3)coc2c1. The van der Waals surface area contributed by atoms with E-state index in [1.807, 2.05) is 73.7 Å². The number of carbonyl (C=O) groups is 1. The maximum absolute atomic E-state index is 12.8. The van der Waals surface area contributed by atoms with Gasteiger partial charge >= 0.3 is 0 Å². The number of benzene rings is 2. The Morgan fingerprint density at radius 3 is 2.67 bits per heavy atom. The lowest BCUT2D eigenvalue weighted by Gasteiger charge is -2.18. The van der Waals surface area contributed by atoms with Crippen LogP contribution in [0.1, 0.15) is 28.4 Å². The Morgan fingerprint density at radius 1 is 1.07 bits per heavy atom. The van der Waals surface area contributed by atoms with E-state index >= 15 is 0 Å². The highest BCUT2D eigenvalue weighted by Crippen LogP contribution is 2.24. The number of hydrogen-bond donors (Lipinski definition) is 1. The predicted octanol–water partition coefficient (Wildman–Crippen LogP) is 4.58. The Labute approximate surface area is 157 Å². The Hall–Kier alpha value is -3.40. The van der Waals surface area contributed by atoms with E-state index in [1.54, 1.807) is 12.5 Å². The van der Waals surface area contributed by atoms with Crippen molar-refractivity contribution >= 4 is 16.9 Å². The van der Waals surface area contributed by atoms with Crippen LogP contribution >= 0.6 is 0 Å². The summed E-state index contributed by atoms with van der Waals surface area (Å²) in [4.78, 5) is 17.2. The molecule has 0 aliphatic heterocycles. The molecule has 2 aromatic carbocycles. The minimum Gasteiger partial charge on any atom is -0.464 e. The maximum Gasteiger partial charge on any atom is 0.225 e. The molecule has 1 atom stereocenters. The van der Waals surface area contributed by atoms with Crippen LogP contribution in [0.3, 0.4) is 0 Å². The number of rotatable bonds is 5. The lowest BCUT2D eigenvalue weighted by Crippen LogP contribution is -2.31. The molecular weight excluding hydrogens is 336 g/mol. The second-order valence-electron chi connectivity index (χ2n) is 6.60. The molecule has 0 bridgehead atoms. The molecular formula is C23H20N2O2. The van der Waals surface area contributed by atoms with Crippen LogP contribution < -0.4 is 5.32 Å². The van der Waals surface area contributed by atoms with Crippen LogP contribution in [-0.4, -0.2) is 10.9 Å². The summed E-state index contributed by atoms with van der Waals surface area (Å²) in [5, 5.41) is 4.10. The van der Waals surface area contributed by atoms with E-state index in [0.717, 1.165) is 33.4 Å². The van der Waals surface area contributed by atoms with Crippen LogP contribution in [0.2, 0.25) is 0 Å². The van der Waals surface area contributed by atoms with Gasteiger partial charge in [-0.05, 0) is 36.2 Å². The maximum atomic E-state index is 12.8. The summed E-state index contributed by atoms with van der Waals surface area (Å²) >= 11 is 0. The van der Waals surface area contributed by atoms with Crippen LogP contribution in [0.4, 0.5) is 0 Å².